The van der Waals surface area contributed by atoms with Gasteiger partial charge in [0.05, 0.1) is 11.9 Å². The molecule has 0 radical (unpaired) electrons. The highest BCUT2D eigenvalue weighted by molar-refractivity contribution is 7.90. The molecule has 0 amide bonds. The fraction of sp³-hybridized carbons (Fsp3) is 0.133. The highest BCUT2D eigenvalue weighted by Crippen LogP contribution is 2.18. The van der Waals surface area contributed by atoms with Crippen molar-refractivity contribution < 1.29 is 8.42 Å². The molecule has 2 aromatic heterocycles. The zero-order chi connectivity index (χ0) is 16.6. The molecule has 0 saturated carbocycles. The molecule has 0 unspecified atom stereocenters. The first kappa shape index (κ1) is 15.2. The number of benzene rings is 1. The van der Waals surface area contributed by atoms with Gasteiger partial charge in [0.1, 0.15) is 5.65 Å². The quantitative estimate of drug-likeness (QED) is 0.713. The van der Waals surface area contributed by atoms with Gasteiger partial charge in [-0.15, -0.1) is 0 Å². The minimum atomic E-state index is -3.59. The third kappa shape index (κ3) is 2.93. The number of rotatable bonds is 3. The molecular weight excluding hydrogens is 316 g/mol. The molecule has 0 aliphatic heterocycles. The first-order valence-electron chi connectivity index (χ1n) is 6.76. The molecule has 1 aromatic carbocycles. The van der Waals surface area contributed by atoms with E-state index in [1.165, 1.54) is 16.8 Å². The van der Waals surface area contributed by atoms with E-state index in [0.717, 1.165) is 11.8 Å². The van der Waals surface area contributed by atoms with E-state index in [1.807, 2.05) is 30.3 Å². The van der Waals surface area contributed by atoms with Crippen LogP contribution in [0.5, 0.6) is 0 Å². The summed E-state index contributed by atoms with van der Waals surface area (Å²) in [6, 6.07) is 10.6. The number of pyridine rings is 1. The van der Waals surface area contributed by atoms with E-state index in [4.69, 9.17) is 5.73 Å². The summed E-state index contributed by atoms with van der Waals surface area (Å²) in [5.74, 6) is 0. The third-order valence-electron chi connectivity index (χ3n) is 3.37. The Morgan fingerprint density at radius 2 is 1.91 bits per heavy atom. The summed E-state index contributed by atoms with van der Waals surface area (Å²) < 4.78 is 24.7. The Bertz CT molecular complexity index is 1040. The van der Waals surface area contributed by atoms with Crippen LogP contribution in [0, 0.1) is 0 Å². The summed E-state index contributed by atoms with van der Waals surface area (Å²) >= 11 is 0. The van der Waals surface area contributed by atoms with E-state index in [2.05, 4.69) is 9.97 Å². The third-order valence-corrected chi connectivity index (χ3v) is 4.23. The second-order valence-electron chi connectivity index (χ2n) is 5.17. The number of nitrogens with zero attached hydrogens (tertiary/aromatic N) is 3. The van der Waals surface area contributed by atoms with E-state index in [0.29, 0.717) is 5.39 Å². The monoisotopic (exact) mass is 330 g/mol. The van der Waals surface area contributed by atoms with Gasteiger partial charge in [0.15, 0.2) is 0 Å². The van der Waals surface area contributed by atoms with Crippen LogP contribution in [0.3, 0.4) is 0 Å². The van der Waals surface area contributed by atoms with Crippen LogP contribution in [0.15, 0.2) is 52.5 Å². The Labute approximate surface area is 132 Å². The number of nitrogens with two attached hydrogens (primary N) is 1. The van der Waals surface area contributed by atoms with Gasteiger partial charge >= 0.3 is 0 Å². The molecule has 8 heteroatoms. The SMILES string of the molecule is CS(=O)(=O)c1ncc2c(N)cc(=O)n(Cc3ccccc3)c2n1. The Balaban J connectivity index is 2.29. The Kier molecular flexibility index (Phi) is 3.61. The Morgan fingerprint density at radius 1 is 1.22 bits per heavy atom. The number of nitrogen functional groups attached to an aromatic ring is 1. The van der Waals surface area contributed by atoms with E-state index in [-0.39, 0.29) is 28.6 Å². The number of sulfone groups is 1. The number of anilines is 1. The lowest BCUT2D eigenvalue weighted by molar-refractivity contribution is 0.593. The number of aromatic nitrogens is 3. The standard InChI is InChI=1S/C15H14N4O3S/c1-23(21,22)15-17-8-11-12(16)7-13(20)19(14(11)18-15)9-10-5-3-2-4-6-10/h2-8H,9,16H2,1H3. The van der Waals surface area contributed by atoms with Crippen molar-refractivity contribution in [2.75, 3.05) is 12.0 Å². The van der Waals surface area contributed by atoms with Crippen molar-refractivity contribution in [1.29, 1.82) is 0 Å². The first-order valence-corrected chi connectivity index (χ1v) is 8.65. The van der Waals surface area contributed by atoms with Crippen LogP contribution in [0.4, 0.5) is 5.69 Å². The van der Waals surface area contributed by atoms with Gasteiger partial charge in [0, 0.05) is 24.2 Å². The molecule has 7 nitrogen and oxygen atoms in total. The molecular formula is C15H14N4O3S. The molecule has 3 aromatic rings. The van der Waals surface area contributed by atoms with Gasteiger partial charge in [-0.25, -0.2) is 13.4 Å². The van der Waals surface area contributed by atoms with Crippen molar-refractivity contribution in [3.8, 4) is 0 Å². The van der Waals surface area contributed by atoms with Gasteiger partial charge < -0.3 is 5.73 Å². The molecule has 118 valence electrons. The maximum atomic E-state index is 12.3. The zero-order valence-corrected chi connectivity index (χ0v) is 13.1. The summed E-state index contributed by atoms with van der Waals surface area (Å²) in [4.78, 5) is 20.2. The van der Waals surface area contributed by atoms with Crippen LogP contribution < -0.4 is 11.3 Å². The van der Waals surface area contributed by atoms with Crippen molar-refractivity contribution in [3.05, 3.63) is 58.5 Å². The predicted molar refractivity (Wildman–Crippen MR) is 86.9 cm³/mol. The normalized spacial score (nSPS) is 11.7. The largest absolute Gasteiger partial charge is 0.398 e. The van der Waals surface area contributed by atoms with Gasteiger partial charge in [-0.05, 0) is 5.56 Å². The molecule has 0 atom stereocenters. The highest BCUT2D eigenvalue weighted by atomic mass is 32.2. The number of hydrogen-bond acceptors (Lipinski definition) is 6. The lowest BCUT2D eigenvalue weighted by atomic mass is 10.2. The summed E-state index contributed by atoms with van der Waals surface area (Å²) in [5.41, 5.74) is 6.79. The second kappa shape index (κ2) is 5.47. The first-order chi connectivity index (χ1) is 10.9. The predicted octanol–water partition coefficient (Wildman–Crippen LogP) is 0.825. The molecule has 2 N–H and O–H groups in total. The van der Waals surface area contributed by atoms with Crippen molar-refractivity contribution >= 4 is 26.6 Å². The van der Waals surface area contributed by atoms with Gasteiger partial charge in [-0.2, -0.15) is 4.98 Å². The van der Waals surface area contributed by atoms with Gasteiger partial charge in [-0.1, -0.05) is 30.3 Å². The fourth-order valence-electron chi connectivity index (χ4n) is 2.26. The average molecular weight is 330 g/mol. The van der Waals surface area contributed by atoms with E-state index in [9.17, 15) is 13.2 Å². The van der Waals surface area contributed by atoms with Crippen molar-refractivity contribution in [1.82, 2.24) is 14.5 Å². The molecule has 0 saturated heterocycles. The van der Waals surface area contributed by atoms with Crippen LogP contribution in [0.2, 0.25) is 0 Å². The summed E-state index contributed by atoms with van der Waals surface area (Å²) in [7, 11) is -3.59. The Hall–Kier alpha value is -2.74. The molecule has 23 heavy (non-hydrogen) atoms. The smallest absolute Gasteiger partial charge is 0.254 e. The molecule has 2 heterocycles. The maximum absolute atomic E-state index is 12.3. The molecule has 3 rings (SSSR count). The van der Waals surface area contributed by atoms with Gasteiger partial charge in [0.2, 0.25) is 15.0 Å². The number of fused-ring (bicyclic) bond motifs is 1. The van der Waals surface area contributed by atoms with E-state index in [1.54, 1.807) is 0 Å². The van der Waals surface area contributed by atoms with E-state index >= 15 is 0 Å². The van der Waals surface area contributed by atoms with Gasteiger partial charge in [-0.3, -0.25) is 9.36 Å². The lowest BCUT2D eigenvalue weighted by Gasteiger charge is -2.11. The van der Waals surface area contributed by atoms with Crippen LogP contribution in [0.1, 0.15) is 5.56 Å². The van der Waals surface area contributed by atoms with Crippen LogP contribution in [-0.4, -0.2) is 29.2 Å². The van der Waals surface area contributed by atoms with Crippen molar-refractivity contribution in [2.24, 2.45) is 0 Å². The topological polar surface area (TPSA) is 108 Å². The van der Waals surface area contributed by atoms with Crippen LogP contribution >= 0.6 is 0 Å². The Morgan fingerprint density at radius 3 is 2.57 bits per heavy atom. The van der Waals surface area contributed by atoms with Gasteiger partial charge in [0.25, 0.3) is 5.56 Å². The van der Waals surface area contributed by atoms with Crippen LogP contribution in [-0.2, 0) is 16.4 Å². The summed E-state index contributed by atoms with van der Waals surface area (Å²) in [5, 5.41) is 0.102. The zero-order valence-electron chi connectivity index (χ0n) is 12.3. The molecule has 0 bridgehead atoms. The molecule has 0 aliphatic rings. The molecule has 0 aliphatic carbocycles. The van der Waals surface area contributed by atoms with E-state index < -0.39 is 9.84 Å². The molecule has 0 fully saturated rings. The highest BCUT2D eigenvalue weighted by Gasteiger charge is 2.16. The molecule has 0 spiro atoms. The second-order valence-corrected chi connectivity index (χ2v) is 7.08. The minimum absolute atomic E-state index is 0.203. The van der Waals surface area contributed by atoms with Crippen LogP contribution in [0.25, 0.3) is 11.0 Å². The van der Waals surface area contributed by atoms with Crippen molar-refractivity contribution in [2.45, 2.75) is 11.7 Å². The average Bonchev–Trinajstić information content (AvgIpc) is 2.51. The maximum Gasteiger partial charge on any atom is 0.254 e. The lowest BCUT2D eigenvalue weighted by Crippen LogP contribution is -2.23. The summed E-state index contributed by atoms with van der Waals surface area (Å²) in [6.07, 6.45) is 2.34. The fourth-order valence-corrected chi connectivity index (χ4v) is 2.75. The van der Waals surface area contributed by atoms with Crippen molar-refractivity contribution in [3.63, 3.8) is 0 Å². The number of hydrogen-bond donors (Lipinski definition) is 1. The summed E-state index contributed by atoms with van der Waals surface area (Å²) in [6.45, 7) is 0.261. The minimum Gasteiger partial charge on any atom is -0.398 e.